The van der Waals surface area contributed by atoms with E-state index in [2.05, 4.69) is 18.3 Å². The van der Waals surface area contributed by atoms with E-state index in [9.17, 15) is 0 Å². The molecule has 2 aromatic rings. The summed E-state index contributed by atoms with van der Waals surface area (Å²) in [6, 6.07) is 12.0. The van der Waals surface area contributed by atoms with Crippen molar-refractivity contribution in [3.63, 3.8) is 0 Å². The zero-order chi connectivity index (χ0) is 12.8. The van der Waals surface area contributed by atoms with Crippen LogP contribution in [0.15, 0.2) is 47.1 Å². The molecule has 1 aromatic heterocycles. The highest BCUT2D eigenvalue weighted by Gasteiger charge is 2.13. The van der Waals surface area contributed by atoms with Gasteiger partial charge in [0.2, 0.25) is 0 Å². The second-order valence-corrected chi connectivity index (χ2v) is 4.78. The molecule has 0 aliphatic carbocycles. The Labute approximate surface area is 113 Å². The number of hydrogen-bond acceptors (Lipinski definition) is 2. The van der Waals surface area contributed by atoms with Gasteiger partial charge in [-0.15, -0.1) is 0 Å². The normalized spacial score (nSPS) is 12.6. The third-order valence-corrected chi connectivity index (χ3v) is 3.22. The van der Waals surface area contributed by atoms with Gasteiger partial charge < -0.3 is 9.73 Å². The Morgan fingerprint density at radius 3 is 2.83 bits per heavy atom. The monoisotopic (exact) mass is 263 g/mol. The highest BCUT2D eigenvalue weighted by atomic mass is 35.5. The van der Waals surface area contributed by atoms with Gasteiger partial charge in [0.25, 0.3) is 0 Å². The lowest BCUT2D eigenvalue weighted by Gasteiger charge is -2.17. The number of likely N-dealkylation sites (N-methyl/N-ethyl adjacent to an activating group) is 1. The second-order valence-electron chi connectivity index (χ2n) is 4.34. The van der Waals surface area contributed by atoms with Crippen molar-refractivity contribution >= 4 is 11.6 Å². The van der Waals surface area contributed by atoms with E-state index in [4.69, 9.17) is 16.0 Å². The third-order valence-electron chi connectivity index (χ3n) is 2.99. The lowest BCUT2D eigenvalue weighted by atomic mass is 9.94. The molecule has 1 unspecified atom stereocenters. The maximum Gasteiger partial charge on any atom is 0.104 e. The van der Waals surface area contributed by atoms with E-state index in [0.29, 0.717) is 5.92 Å². The Bertz CT molecular complexity index is 467. The van der Waals surface area contributed by atoms with Crippen LogP contribution in [0.25, 0.3) is 0 Å². The average Bonchev–Trinajstić information content (AvgIpc) is 2.87. The molecule has 2 nitrogen and oxygen atoms in total. The smallest absolute Gasteiger partial charge is 0.104 e. The molecule has 0 aliphatic heterocycles. The molecule has 96 valence electrons. The summed E-state index contributed by atoms with van der Waals surface area (Å²) in [5.74, 6) is 1.40. The molecule has 1 N–H and O–H groups in total. The van der Waals surface area contributed by atoms with Gasteiger partial charge in [0, 0.05) is 23.9 Å². The van der Waals surface area contributed by atoms with Crippen LogP contribution in [-0.2, 0) is 6.42 Å². The van der Waals surface area contributed by atoms with E-state index in [1.807, 2.05) is 30.3 Å². The fraction of sp³-hybridized carbons (Fsp3) is 0.333. The molecule has 1 aromatic carbocycles. The lowest BCUT2D eigenvalue weighted by Crippen LogP contribution is -2.22. The Morgan fingerprint density at radius 2 is 2.17 bits per heavy atom. The van der Waals surface area contributed by atoms with Crippen molar-refractivity contribution in [2.45, 2.75) is 19.3 Å². The number of hydrogen-bond donors (Lipinski definition) is 1. The maximum atomic E-state index is 6.06. The van der Waals surface area contributed by atoms with Crippen molar-refractivity contribution in [2.75, 3.05) is 13.1 Å². The van der Waals surface area contributed by atoms with Crippen molar-refractivity contribution in [2.24, 2.45) is 0 Å². The summed E-state index contributed by atoms with van der Waals surface area (Å²) in [6.45, 7) is 4.01. The van der Waals surface area contributed by atoms with Crippen LogP contribution in [0.1, 0.15) is 24.2 Å². The average molecular weight is 264 g/mol. The molecule has 0 radical (unpaired) electrons. The molecule has 0 spiro atoms. The molecule has 1 atom stereocenters. The SMILES string of the molecule is CCNCC(Cc1ccco1)c1cccc(Cl)c1. The molecular weight excluding hydrogens is 246 g/mol. The quantitative estimate of drug-likeness (QED) is 0.856. The van der Waals surface area contributed by atoms with Crippen LogP contribution < -0.4 is 5.32 Å². The van der Waals surface area contributed by atoms with E-state index in [1.54, 1.807) is 6.26 Å². The van der Waals surface area contributed by atoms with Crippen molar-refractivity contribution in [1.82, 2.24) is 5.32 Å². The molecule has 0 bridgehead atoms. The van der Waals surface area contributed by atoms with E-state index in [1.165, 1.54) is 5.56 Å². The predicted octanol–water partition coefficient (Wildman–Crippen LogP) is 3.87. The van der Waals surface area contributed by atoms with E-state index >= 15 is 0 Å². The molecular formula is C15H18ClNO. The van der Waals surface area contributed by atoms with Gasteiger partial charge in [-0.3, -0.25) is 0 Å². The third kappa shape index (κ3) is 3.62. The van der Waals surface area contributed by atoms with Crippen LogP contribution in [-0.4, -0.2) is 13.1 Å². The minimum atomic E-state index is 0.384. The zero-order valence-electron chi connectivity index (χ0n) is 10.5. The molecule has 0 saturated carbocycles. The molecule has 1 heterocycles. The zero-order valence-corrected chi connectivity index (χ0v) is 11.3. The number of halogens is 1. The maximum absolute atomic E-state index is 6.06. The minimum absolute atomic E-state index is 0.384. The van der Waals surface area contributed by atoms with Crippen LogP contribution in [0.3, 0.4) is 0 Å². The fourth-order valence-electron chi connectivity index (χ4n) is 2.06. The standard InChI is InChI=1S/C15H18ClNO/c1-2-17-11-13(10-15-7-4-8-18-15)12-5-3-6-14(16)9-12/h3-9,13,17H,2,10-11H2,1H3. The summed E-state index contributed by atoms with van der Waals surface area (Å²) < 4.78 is 5.43. The van der Waals surface area contributed by atoms with E-state index in [0.717, 1.165) is 30.3 Å². The highest BCUT2D eigenvalue weighted by molar-refractivity contribution is 6.30. The van der Waals surface area contributed by atoms with Crippen LogP contribution in [0.5, 0.6) is 0 Å². The van der Waals surface area contributed by atoms with Gasteiger partial charge in [-0.2, -0.15) is 0 Å². The Balaban J connectivity index is 2.13. The Morgan fingerprint density at radius 1 is 1.28 bits per heavy atom. The first-order valence-corrected chi connectivity index (χ1v) is 6.66. The van der Waals surface area contributed by atoms with Crippen molar-refractivity contribution < 1.29 is 4.42 Å². The van der Waals surface area contributed by atoms with Crippen LogP contribution in [0.2, 0.25) is 5.02 Å². The van der Waals surface area contributed by atoms with Crippen LogP contribution in [0, 0.1) is 0 Å². The molecule has 3 heteroatoms. The summed E-state index contributed by atoms with van der Waals surface area (Å²) in [6.07, 6.45) is 2.61. The first-order chi connectivity index (χ1) is 8.79. The predicted molar refractivity (Wildman–Crippen MR) is 75.1 cm³/mol. The molecule has 0 fully saturated rings. The first-order valence-electron chi connectivity index (χ1n) is 6.28. The van der Waals surface area contributed by atoms with Gasteiger partial charge in [-0.05, 0) is 36.4 Å². The topological polar surface area (TPSA) is 25.2 Å². The number of furan rings is 1. The number of rotatable bonds is 6. The summed E-state index contributed by atoms with van der Waals surface area (Å²) in [5, 5.41) is 4.18. The summed E-state index contributed by atoms with van der Waals surface area (Å²) in [4.78, 5) is 0. The molecule has 0 amide bonds. The summed E-state index contributed by atoms with van der Waals surface area (Å²) >= 11 is 6.06. The molecule has 2 rings (SSSR count). The lowest BCUT2D eigenvalue weighted by molar-refractivity contribution is 0.475. The van der Waals surface area contributed by atoms with Crippen LogP contribution >= 0.6 is 11.6 Å². The van der Waals surface area contributed by atoms with Gasteiger partial charge in [-0.1, -0.05) is 30.7 Å². The van der Waals surface area contributed by atoms with Gasteiger partial charge in [0.1, 0.15) is 5.76 Å². The number of benzene rings is 1. The van der Waals surface area contributed by atoms with Gasteiger partial charge in [-0.25, -0.2) is 0 Å². The second kappa shape index (κ2) is 6.62. The minimum Gasteiger partial charge on any atom is -0.469 e. The summed E-state index contributed by atoms with van der Waals surface area (Å²) in [5.41, 5.74) is 1.25. The largest absolute Gasteiger partial charge is 0.469 e. The van der Waals surface area contributed by atoms with Gasteiger partial charge in [0.15, 0.2) is 0 Å². The van der Waals surface area contributed by atoms with E-state index in [-0.39, 0.29) is 0 Å². The van der Waals surface area contributed by atoms with Crippen LogP contribution in [0.4, 0.5) is 0 Å². The first kappa shape index (κ1) is 13.2. The molecule has 0 aliphatic rings. The fourth-order valence-corrected chi connectivity index (χ4v) is 2.26. The molecule has 0 saturated heterocycles. The van der Waals surface area contributed by atoms with Crippen molar-refractivity contribution in [3.05, 3.63) is 59.0 Å². The number of nitrogens with one attached hydrogen (secondary N) is 1. The van der Waals surface area contributed by atoms with Crippen molar-refractivity contribution in [1.29, 1.82) is 0 Å². The summed E-state index contributed by atoms with van der Waals surface area (Å²) in [7, 11) is 0. The van der Waals surface area contributed by atoms with Gasteiger partial charge >= 0.3 is 0 Å². The Hall–Kier alpha value is -1.25. The van der Waals surface area contributed by atoms with Crippen molar-refractivity contribution in [3.8, 4) is 0 Å². The highest BCUT2D eigenvalue weighted by Crippen LogP contribution is 2.23. The molecule has 18 heavy (non-hydrogen) atoms. The Kier molecular flexibility index (Phi) is 4.85. The van der Waals surface area contributed by atoms with E-state index < -0.39 is 0 Å². The van der Waals surface area contributed by atoms with Gasteiger partial charge in [0.05, 0.1) is 6.26 Å².